The van der Waals surface area contributed by atoms with Crippen LogP contribution < -0.4 is 5.32 Å². The zero-order chi connectivity index (χ0) is 12.3. The van der Waals surface area contributed by atoms with Crippen molar-refractivity contribution in [3.63, 3.8) is 0 Å². The van der Waals surface area contributed by atoms with Crippen molar-refractivity contribution in [1.29, 1.82) is 0 Å². The molecule has 92 valence electrons. The van der Waals surface area contributed by atoms with Gasteiger partial charge in [0.05, 0.1) is 31.6 Å². The van der Waals surface area contributed by atoms with Gasteiger partial charge in [0, 0.05) is 0 Å². The predicted octanol–water partition coefficient (Wildman–Crippen LogP) is 0.590. The van der Waals surface area contributed by atoms with Crippen molar-refractivity contribution >= 4 is 11.8 Å². The van der Waals surface area contributed by atoms with Crippen LogP contribution in [-0.4, -0.2) is 40.3 Å². The van der Waals surface area contributed by atoms with Gasteiger partial charge in [0.1, 0.15) is 5.82 Å². The van der Waals surface area contributed by atoms with E-state index in [-0.39, 0.29) is 17.8 Å². The standard InChI is InChI=1S/C11H15N3O3/c1-17-10(16)8-5-13-9(6-12-8)14-11(7-15)3-2-4-11/h5-6,15H,2-4,7H2,1H3,(H,13,14). The van der Waals surface area contributed by atoms with Gasteiger partial charge >= 0.3 is 5.97 Å². The summed E-state index contributed by atoms with van der Waals surface area (Å²) in [5.74, 6) is 0.0518. The topological polar surface area (TPSA) is 84.3 Å². The molecule has 1 aliphatic carbocycles. The van der Waals surface area contributed by atoms with Crippen LogP contribution in [0.2, 0.25) is 0 Å². The molecule has 0 spiro atoms. The zero-order valence-corrected chi connectivity index (χ0v) is 9.64. The number of hydrogen-bond acceptors (Lipinski definition) is 6. The Hall–Kier alpha value is -1.69. The molecule has 1 heterocycles. The lowest BCUT2D eigenvalue weighted by molar-refractivity contribution is 0.0593. The Kier molecular flexibility index (Phi) is 3.23. The van der Waals surface area contributed by atoms with E-state index in [1.165, 1.54) is 19.5 Å². The highest BCUT2D eigenvalue weighted by Gasteiger charge is 2.36. The first-order chi connectivity index (χ1) is 8.19. The molecular weight excluding hydrogens is 222 g/mol. The van der Waals surface area contributed by atoms with Crippen LogP contribution in [0, 0.1) is 0 Å². The van der Waals surface area contributed by atoms with E-state index >= 15 is 0 Å². The summed E-state index contributed by atoms with van der Waals surface area (Å²) in [5, 5.41) is 12.4. The first-order valence-corrected chi connectivity index (χ1v) is 5.48. The molecule has 0 amide bonds. The van der Waals surface area contributed by atoms with Crippen LogP contribution in [0.3, 0.4) is 0 Å². The summed E-state index contributed by atoms with van der Waals surface area (Å²) in [5.41, 5.74) is -0.0914. The number of rotatable bonds is 4. The maximum atomic E-state index is 11.1. The van der Waals surface area contributed by atoms with Crippen LogP contribution in [0.4, 0.5) is 5.82 Å². The van der Waals surface area contributed by atoms with E-state index in [4.69, 9.17) is 0 Å². The summed E-state index contributed by atoms with van der Waals surface area (Å²) in [7, 11) is 1.30. The number of nitrogens with one attached hydrogen (secondary N) is 1. The minimum absolute atomic E-state index is 0.0768. The van der Waals surface area contributed by atoms with Crippen LogP contribution in [0.5, 0.6) is 0 Å². The monoisotopic (exact) mass is 237 g/mol. The molecule has 0 aliphatic heterocycles. The van der Waals surface area contributed by atoms with E-state index in [1.54, 1.807) is 0 Å². The Morgan fingerprint density at radius 3 is 2.71 bits per heavy atom. The molecule has 0 radical (unpaired) electrons. The van der Waals surface area contributed by atoms with Crippen LogP contribution >= 0.6 is 0 Å². The van der Waals surface area contributed by atoms with Gasteiger partial charge in [-0.05, 0) is 19.3 Å². The molecular formula is C11H15N3O3. The molecule has 6 heteroatoms. The summed E-state index contributed by atoms with van der Waals surface area (Å²) in [6.45, 7) is 0.0768. The van der Waals surface area contributed by atoms with Crippen molar-refractivity contribution in [3.8, 4) is 0 Å². The highest BCUT2D eigenvalue weighted by molar-refractivity contribution is 5.86. The summed E-state index contributed by atoms with van der Waals surface area (Å²) < 4.78 is 4.53. The largest absolute Gasteiger partial charge is 0.464 e. The highest BCUT2D eigenvalue weighted by atomic mass is 16.5. The third kappa shape index (κ3) is 2.36. The molecule has 17 heavy (non-hydrogen) atoms. The lowest BCUT2D eigenvalue weighted by Gasteiger charge is -2.41. The predicted molar refractivity (Wildman–Crippen MR) is 60.7 cm³/mol. The second-order valence-electron chi connectivity index (χ2n) is 4.20. The Morgan fingerprint density at radius 1 is 1.53 bits per heavy atom. The van der Waals surface area contributed by atoms with Gasteiger partial charge in [0.2, 0.25) is 0 Å². The minimum Gasteiger partial charge on any atom is -0.464 e. The zero-order valence-electron chi connectivity index (χ0n) is 9.64. The average molecular weight is 237 g/mol. The first kappa shape index (κ1) is 11.8. The van der Waals surface area contributed by atoms with Gasteiger partial charge in [-0.25, -0.2) is 14.8 Å². The highest BCUT2D eigenvalue weighted by Crippen LogP contribution is 2.34. The summed E-state index contributed by atoms with van der Waals surface area (Å²) in [6.07, 6.45) is 5.77. The van der Waals surface area contributed by atoms with Gasteiger partial charge in [-0.15, -0.1) is 0 Å². The molecule has 1 saturated carbocycles. The summed E-state index contributed by atoms with van der Waals surface area (Å²) in [6, 6.07) is 0. The van der Waals surface area contributed by atoms with Gasteiger partial charge in [-0.3, -0.25) is 0 Å². The Morgan fingerprint density at radius 2 is 2.29 bits per heavy atom. The molecule has 2 rings (SSSR count). The van der Waals surface area contributed by atoms with Gasteiger partial charge in [0.15, 0.2) is 5.69 Å². The van der Waals surface area contributed by atoms with Gasteiger partial charge < -0.3 is 15.2 Å². The maximum Gasteiger partial charge on any atom is 0.358 e. The number of carbonyl (C=O) groups excluding carboxylic acids is 1. The van der Waals surface area contributed by atoms with E-state index < -0.39 is 5.97 Å². The minimum atomic E-state index is -0.510. The molecule has 1 aliphatic rings. The average Bonchev–Trinajstić information content (AvgIpc) is 2.33. The van der Waals surface area contributed by atoms with E-state index in [0.717, 1.165) is 19.3 Å². The molecule has 6 nitrogen and oxygen atoms in total. The molecule has 2 N–H and O–H groups in total. The summed E-state index contributed by atoms with van der Waals surface area (Å²) >= 11 is 0. The molecule has 0 bridgehead atoms. The molecule has 1 aromatic rings. The van der Waals surface area contributed by atoms with Crippen molar-refractivity contribution in [2.24, 2.45) is 0 Å². The van der Waals surface area contributed by atoms with Crippen molar-refractivity contribution < 1.29 is 14.6 Å². The summed E-state index contributed by atoms with van der Waals surface area (Å²) in [4.78, 5) is 19.2. The number of aliphatic hydroxyl groups is 1. The number of anilines is 1. The number of esters is 1. The van der Waals surface area contributed by atoms with E-state index in [2.05, 4.69) is 20.0 Å². The maximum absolute atomic E-state index is 11.1. The lowest BCUT2D eigenvalue weighted by Crippen LogP contribution is -2.48. The van der Waals surface area contributed by atoms with Gasteiger partial charge in [-0.2, -0.15) is 0 Å². The number of methoxy groups -OCH3 is 1. The lowest BCUT2D eigenvalue weighted by atomic mass is 9.77. The molecule has 0 saturated heterocycles. The van der Waals surface area contributed by atoms with Crippen molar-refractivity contribution in [1.82, 2.24) is 9.97 Å². The molecule has 0 unspecified atom stereocenters. The van der Waals surface area contributed by atoms with Crippen LogP contribution in [0.1, 0.15) is 29.8 Å². The fourth-order valence-electron chi connectivity index (χ4n) is 1.80. The number of carbonyl (C=O) groups is 1. The second kappa shape index (κ2) is 4.67. The van der Waals surface area contributed by atoms with Crippen molar-refractivity contribution in [3.05, 3.63) is 18.1 Å². The van der Waals surface area contributed by atoms with Crippen LogP contribution in [-0.2, 0) is 4.74 Å². The number of ether oxygens (including phenoxy) is 1. The van der Waals surface area contributed by atoms with E-state index in [9.17, 15) is 9.90 Å². The van der Waals surface area contributed by atoms with E-state index in [1.807, 2.05) is 0 Å². The number of nitrogens with zero attached hydrogens (tertiary/aromatic N) is 2. The van der Waals surface area contributed by atoms with Crippen molar-refractivity contribution in [2.75, 3.05) is 19.0 Å². The van der Waals surface area contributed by atoms with Gasteiger partial charge in [-0.1, -0.05) is 0 Å². The second-order valence-corrected chi connectivity index (χ2v) is 4.20. The third-order valence-corrected chi connectivity index (χ3v) is 3.05. The molecule has 0 atom stereocenters. The Balaban J connectivity index is 2.05. The smallest absolute Gasteiger partial charge is 0.358 e. The Labute approximate surface area is 99.0 Å². The molecule has 0 aromatic carbocycles. The Bertz CT molecular complexity index is 395. The molecule has 1 aromatic heterocycles. The van der Waals surface area contributed by atoms with Gasteiger partial charge in [0.25, 0.3) is 0 Å². The SMILES string of the molecule is COC(=O)c1cnc(NC2(CO)CCC2)cn1. The third-order valence-electron chi connectivity index (χ3n) is 3.05. The number of hydrogen-bond donors (Lipinski definition) is 2. The fourth-order valence-corrected chi connectivity index (χ4v) is 1.80. The van der Waals surface area contributed by atoms with Crippen molar-refractivity contribution in [2.45, 2.75) is 24.8 Å². The quantitative estimate of drug-likeness (QED) is 0.745. The van der Waals surface area contributed by atoms with Crippen LogP contribution in [0.25, 0.3) is 0 Å². The van der Waals surface area contributed by atoms with E-state index in [0.29, 0.717) is 5.82 Å². The van der Waals surface area contributed by atoms with Crippen LogP contribution in [0.15, 0.2) is 12.4 Å². The fraction of sp³-hybridized carbons (Fsp3) is 0.545. The normalized spacial score (nSPS) is 17.1. The first-order valence-electron chi connectivity index (χ1n) is 5.48. The number of aliphatic hydroxyl groups excluding tert-OH is 1. The molecule has 1 fully saturated rings. The number of aromatic nitrogens is 2.